The fourth-order valence-corrected chi connectivity index (χ4v) is 4.56. The van der Waals surface area contributed by atoms with Crippen molar-refractivity contribution in [2.45, 2.75) is 19.8 Å². The number of hydrogen-bond donors (Lipinski definition) is 0. The number of furan rings is 1. The lowest BCUT2D eigenvalue weighted by Gasteiger charge is -2.35. The number of benzene rings is 2. The van der Waals surface area contributed by atoms with Crippen LogP contribution in [0.25, 0.3) is 11.0 Å². The highest BCUT2D eigenvalue weighted by molar-refractivity contribution is 6.01. The van der Waals surface area contributed by atoms with E-state index < -0.39 is 11.6 Å². The lowest BCUT2D eigenvalue weighted by molar-refractivity contribution is -0.130. The lowest BCUT2D eigenvalue weighted by atomic mass is 10.1. The monoisotopic (exact) mass is 489 g/mol. The SMILES string of the molecule is Cc1c(C(=O)Cc2ccc(N3CCN(C(=O)Cc4c(F)cccc4F)CC3)nc2)oc2ccccc12. The van der Waals surface area contributed by atoms with Gasteiger partial charge in [-0.05, 0) is 36.8 Å². The van der Waals surface area contributed by atoms with E-state index in [0.29, 0.717) is 37.5 Å². The number of halogens is 2. The van der Waals surface area contributed by atoms with Gasteiger partial charge in [-0.15, -0.1) is 0 Å². The second kappa shape index (κ2) is 9.89. The fourth-order valence-electron chi connectivity index (χ4n) is 4.56. The molecule has 0 N–H and O–H groups in total. The second-order valence-electron chi connectivity index (χ2n) is 8.92. The van der Waals surface area contributed by atoms with Gasteiger partial charge < -0.3 is 14.2 Å². The van der Waals surface area contributed by atoms with Crippen LogP contribution in [0.1, 0.15) is 27.2 Å². The molecule has 0 unspecified atom stereocenters. The van der Waals surface area contributed by atoms with E-state index in [2.05, 4.69) is 4.98 Å². The third-order valence-electron chi connectivity index (χ3n) is 6.62. The van der Waals surface area contributed by atoms with Gasteiger partial charge in [-0.25, -0.2) is 13.8 Å². The predicted molar refractivity (Wildman–Crippen MR) is 132 cm³/mol. The lowest BCUT2D eigenvalue weighted by Crippen LogP contribution is -2.49. The summed E-state index contributed by atoms with van der Waals surface area (Å²) < 4.78 is 33.5. The Labute approximate surface area is 207 Å². The van der Waals surface area contributed by atoms with Crippen molar-refractivity contribution in [1.82, 2.24) is 9.88 Å². The van der Waals surface area contributed by atoms with Gasteiger partial charge in [0.1, 0.15) is 23.0 Å². The maximum atomic E-state index is 13.9. The standard InChI is InChI=1S/C28H25F2N3O3/c1-18-20-5-2-3-8-25(20)36-28(18)24(34)15-19-9-10-26(31-17-19)32-11-13-33(14-12-32)27(35)16-21-22(29)6-4-7-23(21)30/h2-10,17H,11-16H2,1H3. The summed E-state index contributed by atoms with van der Waals surface area (Å²) >= 11 is 0. The second-order valence-corrected chi connectivity index (χ2v) is 8.92. The Hall–Kier alpha value is -4.07. The highest BCUT2D eigenvalue weighted by Gasteiger charge is 2.24. The molecule has 0 spiro atoms. The summed E-state index contributed by atoms with van der Waals surface area (Å²) in [7, 11) is 0. The number of para-hydroxylation sites is 1. The van der Waals surface area contributed by atoms with Gasteiger partial charge in [0.05, 0.1) is 6.42 Å². The minimum absolute atomic E-state index is 0.100. The number of rotatable bonds is 6. The first-order chi connectivity index (χ1) is 17.4. The van der Waals surface area contributed by atoms with Crippen LogP contribution in [0.3, 0.4) is 0 Å². The molecule has 0 saturated carbocycles. The molecule has 0 aliphatic carbocycles. The largest absolute Gasteiger partial charge is 0.453 e. The zero-order chi connectivity index (χ0) is 25.2. The average Bonchev–Trinajstić information content (AvgIpc) is 3.23. The minimum Gasteiger partial charge on any atom is -0.453 e. The van der Waals surface area contributed by atoms with Crippen molar-refractivity contribution in [3.05, 3.63) is 94.9 Å². The normalized spacial score (nSPS) is 13.9. The van der Waals surface area contributed by atoms with Gasteiger partial charge in [-0.1, -0.05) is 30.3 Å². The van der Waals surface area contributed by atoms with E-state index in [0.717, 1.165) is 34.5 Å². The van der Waals surface area contributed by atoms with Crippen LogP contribution in [0.2, 0.25) is 0 Å². The van der Waals surface area contributed by atoms with Crippen molar-refractivity contribution < 1.29 is 22.8 Å². The van der Waals surface area contributed by atoms with E-state index in [1.807, 2.05) is 48.2 Å². The number of carbonyl (C=O) groups is 2. The summed E-state index contributed by atoms with van der Waals surface area (Å²) in [6.07, 6.45) is 1.57. The molecule has 1 fully saturated rings. The highest BCUT2D eigenvalue weighted by atomic mass is 19.1. The van der Waals surface area contributed by atoms with E-state index in [4.69, 9.17) is 4.42 Å². The van der Waals surface area contributed by atoms with Crippen LogP contribution in [0.4, 0.5) is 14.6 Å². The van der Waals surface area contributed by atoms with Crippen LogP contribution >= 0.6 is 0 Å². The maximum absolute atomic E-state index is 13.9. The number of carbonyl (C=O) groups excluding carboxylic acids is 2. The maximum Gasteiger partial charge on any atom is 0.227 e. The number of piperazine rings is 1. The van der Waals surface area contributed by atoms with Crippen molar-refractivity contribution in [3.8, 4) is 0 Å². The van der Waals surface area contributed by atoms with Crippen LogP contribution in [-0.2, 0) is 17.6 Å². The van der Waals surface area contributed by atoms with E-state index in [9.17, 15) is 18.4 Å². The molecule has 8 heteroatoms. The quantitative estimate of drug-likeness (QED) is 0.367. The summed E-state index contributed by atoms with van der Waals surface area (Å²) in [6, 6.07) is 14.9. The molecule has 2 aromatic heterocycles. The summed E-state index contributed by atoms with van der Waals surface area (Å²) in [5, 5.41) is 0.936. The topological polar surface area (TPSA) is 66.7 Å². The number of aromatic nitrogens is 1. The van der Waals surface area contributed by atoms with Gasteiger partial charge in [0.2, 0.25) is 11.7 Å². The van der Waals surface area contributed by atoms with Crippen LogP contribution in [-0.4, -0.2) is 47.8 Å². The number of pyridine rings is 1. The third kappa shape index (κ3) is 4.71. The highest BCUT2D eigenvalue weighted by Crippen LogP contribution is 2.26. The first-order valence-corrected chi connectivity index (χ1v) is 11.8. The van der Waals surface area contributed by atoms with Crippen LogP contribution < -0.4 is 4.90 Å². The van der Waals surface area contributed by atoms with Gasteiger partial charge in [0.25, 0.3) is 0 Å². The number of Topliss-reactive ketones (excluding diaryl/α,β-unsaturated/α-hetero) is 1. The van der Waals surface area contributed by atoms with Crippen LogP contribution in [0.15, 0.2) is 65.2 Å². The number of nitrogens with zero attached hydrogens (tertiary/aromatic N) is 3. The molecule has 0 radical (unpaired) electrons. The molecule has 0 atom stereocenters. The molecule has 2 aromatic carbocycles. The molecule has 5 rings (SSSR count). The van der Waals surface area contributed by atoms with Crippen LogP contribution in [0.5, 0.6) is 0 Å². The Balaban J connectivity index is 1.18. The first kappa shape index (κ1) is 23.7. The number of anilines is 1. The molecule has 1 aliphatic heterocycles. The molecule has 184 valence electrons. The Kier molecular flexibility index (Phi) is 6.50. The number of fused-ring (bicyclic) bond motifs is 1. The minimum atomic E-state index is -0.708. The molecule has 0 bridgehead atoms. The average molecular weight is 490 g/mol. The summed E-state index contributed by atoms with van der Waals surface area (Å²) in [5.41, 5.74) is 2.12. The fraction of sp³-hybridized carbons (Fsp3) is 0.250. The molecular formula is C28H25F2N3O3. The first-order valence-electron chi connectivity index (χ1n) is 11.8. The van der Waals surface area contributed by atoms with Crippen LogP contribution in [0, 0.1) is 18.6 Å². The van der Waals surface area contributed by atoms with E-state index in [-0.39, 0.29) is 30.1 Å². The molecule has 4 aromatic rings. The summed E-state index contributed by atoms with van der Waals surface area (Å²) in [6.45, 7) is 3.85. The van der Waals surface area contributed by atoms with Gasteiger partial charge >= 0.3 is 0 Å². The third-order valence-corrected chi connectivity index (χ3v) is 6.62. The number of ketones is 1. The molecule has 1 amide bonds. The summed E-state index contributed by atoms with van der Waals surface area (Å²) in [5.74, 6) is -0.701. The van der Waals surface area contributed by atoms with Crippen molar-refractivity contribution in [1.29, 1.82) is 0 Å². The Bertz CT molecular complexity index is 1400. The zero-order valence-corrected chi connectivity index (χ0v) is 19.8. The Morgan fingerprint density at radius 2 is 1.64 bits per heavy atom. The van der Waals surface area contributed by atoms with Gasteiger partial charge in [-0.3, -0.25) is 9.59 Å². The molecule has 1 aliphatic rings. The van der Waals surface area contributed by atoms with Crippen molar-refractivity contribution in [2.75, 3.05) is 31.1 Å². The van der Waals surface area contributed by atoms with Crippen molar-refractivity contribution in [3.63, 3.8) is 0 Å². The Morgan fingerprint density at radius 1 is 0.917 bits per heavy atom. The number of hydrogen-bond acceptors (Lipinski definition) is 5. The molecule has 6 nitrogen and oxygen atoms in total. The van der Waals surface area contributed by atoms with E-state index in [1.165, 1.54) is 6.07 Å². The zero-order valence-electron chi connectivity index (χ0n) is 19.8. The number of aryl methyl sites for hydroxylation is 1. The predicted octanol–water partition coefficient (Wildman–Crippen LogP) is 4.73. The van der Waals surface area contributed by atoms with E-state index in [1.54, 1.807) is 11.1 Å². The van der Waals surface area contributed by atoms with Crippen molar-refractivity contribution >= 4 is 28.5 Å². The Morgan fingerprint density at radius 3 is 2.31 bits per heavy atom. The van der Waals surface area contributed by atoms with Gasteiger partial charge in [0, 0.05) is 55.3 Å². The molecule has 1 saturated heterocycles. The van der Waals surface area contributed by atoms with Gasteiger partial charge in [-0.2, -0.15) is 0 Å². The van der Waals surface area contributed by atoms with E-state index >= 15 is 0 Å². The van der Waals surface area contributed by atoms with Crippen molar-refractivity contribution in [2.24, 2.45) is 0 Å². The van der Waals surface area contributed by atoms with Gasteiger partial charge in [0.15, 0.2) is 5.76 Å². The molecule has 36 heavy (non-hydrogen) atoms. The number of amides is 1. The molecule has 3 heterocycles. The summed E-state index contributed by atoms with van der Waals surface area (Å²) in [4.78, 5) is 33.6. The smallest absolute Gasteiger partial charge is 0.227 e. The molecular weight excluding hydrogens is 464 g/mol.